The number of aromatic amines is 1. The zero-order valence-electron chi connectivity index (χ0n) is 14.7. The molecule has 2 aromatic carbocycles. The minimum Gasteiger partial charge on any atom is -0.494 e. The van der Waals surface area contributed by atoms with E-state index in [-0.39, 0.29) is 5.88 Å². The lowest BCUT2D eigenvalue weighted by molar-refractivity contribution is 0.288. The van der Waals surface area contributed by atoms with Crippen LogP contribution in [-0.2, 0) is 0 Å². The molecule has 0 spiro atoms. The van der Waals surface area contributed by atoms with Crippen LogP contribution < -0.4 is 9.47 Å². The summed E-state index contributed by atoms with van der Waals surface area (Å²) in [6.07, 6.45) is 5.37. The van der Waals surface area contributed by atoms with Crippen LogP contribution in [0.25, 0.3) is 32.7 Å². The number of nitrogens with zero attached hydrogens (tertiary/aromatic N) is 1. The van der Waals surface area contributed by atoms with Gasteiger partial charge >= 0.3 is 0 Å². The molecule has 5 nitrogen and oxygen atoms in total. The van der Waals surface area contributed by atoms with E-state index in [1.807, 2.05) is 50.4 Å². The van der Waals surface area contributed by atoms with E-state index in [0.717, 1.165) is 38.4 Å². The van der Waals surface area contributed by atoms with Crippen LogP contribution in [0, 0.1) is 0 Å². The largest absolute Gasteiger partial charge is 0.494 e. The van der Waals surface area contributed by atoms with Crippen LogP contribution in [-0.4, -0.2) is 28.3 Å². The second-order valence-electron chi connectivity index (χ2n) is 5.97. The fraction of sp³-hybridized carbons (Fsp3) is 0.190. The Morgan fingerprint density at radius 3 is 2.31 bits per heavy atom. The summed E-state index contributed by atoms with van der Waals surface area (Å²) in [5, 5.41) is 14.0. The van der Waals surface area contributed by atoms with Gasteiger partial charge in [0.05, 0.1) is 13.2 Å². The smallest absolute Gasteiger partial charge is 0.196 e. The van der Waals surface area contributed by atoms with Crippen molar-refractivity contribution in [3.8, 4) is 28.5 Å². The molecule has 2 N–H and O–H groups in total. The Hall–Kier alpha value is -3.21. The number of H-pyrrole nitrogens is 1. The van der Waals surface area contributed by atoms with Crippen molar-refractivity contribution in [2.45, 2.75) is 13.8 Å². The van der Waals surface area contributed by atoms with Gasteiger partial charge in [0.1, 0.15) is 0 Å². The quantitative estimate of drug-likeness (QED) is 0.539. The van der Waals surface area contributed by atoms with Crippen LogP contribution >= 0.6 is 0 Å². The van der Waals surface area contributed by atoms with Crippen LogP contribution in [0.15, 0.2) is 48.9 Å². The summed E-state index contributed by atoms with van der Waals surface area (Å²) in [6.45, 7) is 5.02. The molecule has 4 aromatic rings. The number of nitrogens with one attached hydrogen (secondary N) is 1. The molecule has 0 fully saturated rings. The average Bonchev–Trinajstić information content (AvgIpc) is 3.02. The van der Waals surface area contributed by atoms with Crippen LogP contribution in [0.5, 0.6) is 17.4 Å². The van der Waals surface area contributed by atoms with Crippen molar-refractivity contribution in [1.82, 2.24) is 9.97 Å². The summed E-state index contributed by atoms with van der Waals surface area (Å²) in [4.78, 5) is 7.04. The molecular weight excluding hydrogens is 328 g/mol. The Labute approximate surface area is 151 Å². The van der Waals surface area contributed by atoms with Crippen molar-refractivity contribution in [3.63, 3.8) is 0 Å². The zero-order chi connectivity index (χ0) is 18.1. The Morgan fingerprint density at radius 1 is 0.923 bits per heavy atom. The van der Waals surface area contributed by atoms with Gasteiger partial charge in [0, 0.05) is 29.4 Å². The maximum absolute atomic E-state index is 10.2. The summed E-state index contributed by atoms with van der Waals surface area (Å²) in [5.74, 6) is 1.58. The number of hydrogen-bond acceptors (Lipinski definition) is 4. The van der Waals surface area contributed by atoms with Crippen molar-refractivity contribution in [3.05, 3.63) is 48.9 Å². The van der Waals surface area contributed by atoms with Gasteiger partial charge in [-0.1, -0.05) is 0 Å². The third-order valence-electron chi connectivity index (χ3n) is 4.42. The monoisotopic (exact) mass is 348 g/mol. The van der Waals surface area contributed by atoms with Crippen LogP contribution in [0.3, 0.4) is 0 Å². The Morgan fingerprint density at radius 2 is 1.62 bits per heavy atom. The first-order chi connectivity index (χ1) is 12.7. The predicted molar refractivity (Wildman–Crippen MR) is 103 cm³/mol. The standard InChI is InChI=1S/C21H20N2O3/c1-3-25-18-10-14-9-16-17(12-23-21(16)24)20(13-5-7-22-8-6-13)15(14)11-19(18)26-4-2/h5-12,23-24H,3-4H2,1-2H3. The number of hydrogen-bond donors (Lipinski definition) is 2. The van der Waals surface area contributed by atoms with Gasteiger partial charge in [-0.15, -0.1) is 0 Å². The van der Waals surface area contributed by atoms with E-state index in [1.54, 1.807) is 12.4 Å². The molecule has 2 heterocycles. The zero-order valence-corrected chi connectivity index (χ0v) is 14.7. The van der Waals surface area contributed by atoms with Gasteiger partial charge in [-0.25, -0.2) is 0 Å². The molecule has 0 amide bonds. The summed E-state index contributed by atoms with van der Waals surface area (Å²) < 4.78 is 11.6. The fourth-order valence-corrected chi connectivity index (χ4v) is 3.35. The normalized spacial score (nSPS) is 11.2. The van der Waals surface area contributed by atoms with E-state index >= 15 is 0 Å². The molecule has 0 aliphatic heterocycles. The van der Waals surface area contributed by atoms with Gasteiger partial charge in [-0.3, -0.25) is 4.98 Å². The molecule has 0 bridgehead atoms. The molecule has 2 aromatic heterocycles. The first-order valence-electron chi connectivity index (χ1n) is 8.69. The van der Waals surface area contributed by atoms with Crippen molar-refractivity contribution in [2.75, 3.05) is 13.2 Å². The molecule has 0 radical (unpaired) electrons. The maximum atomic E-state index is 10.2. The van der Waals surface area contributed by atoms with E-state index in [9.17, 15) is 5.11 Å². The van der Waals surface area contributed by atoms with Gasteiger partial charge in [0.25, 0.3) is 0 Å². The van der Waals surface area contributed by atoms with Crippen LogP contribution in [0.2, 0.25) is 0 Å². The van der Waals surface area contributed by atoms with E-state index in [0.29, 0.717) is 19.0 Å². The highest BCUT2D eigenvalue weighted by atomic mass is 16.5. The first kappa shape index (κ1) is 16.3. The number of benzene rings is 2. The number of rotatable bonds is 5. The van der Waals surface area contributed by atoms with Crippen molar-refractivity contribution in [1.29, 1.82) is 0 Å². The average molecular weight is 348 g/mol. The van der Waals surface area contributed by atoms with Gasteiger partial charge in [-0.05, 0) is 66.1 Å². The number of aromatic hydroxyl groups is 1. The molecule has 0 unspecified atom stereocenters. The Bertz CT molecular complexity index is 1070. The molecule has 0 saturated carbocycles. The lowest BCUT2D eigenvalue weighted by Crippen LogP contribution is -1.98. The van der Waals surface area contributed by atoms with E-state index in [2.05, 4.69) is 9.97 Å². The van der Waals surface area contributed by atoms with Gasteiger partial charge in [0.15, 0.2) is 17.4 Å². The minimum atomic E-state index is 0.157. The number of pyridine rings is 1. The number of ether oxygens (including phenoxy) is 2. The SMILES string of the molecule is CCOc1cc2cc3c(O)[nH]cc3c(-c3ccncc3)c2cc1OCC. The van der Waals surface area contributed by atoms with E-state index < -0.39 is 0 Å². The lowest BCUT2D eigenvalue weighted by Gasteiger charge is -2.15. The van der Waals surface area contributed by atoms with Gasteiger partial charge < -0.3 is 19.6 Å². The molecule has 5 heteroatoms. The molecule has 26 heavy (non-hydrogen) atoms. The highest BCUT2D eigenvalue weighted by Crippen LogP contribution is 2.43. The van der Waals surface area contributed by atoms with Crippen molar-refractivity contribution < 1.29 is 14.6 Å². The summed E-state index contributed by atoms with van der Waals surface area (Å²) >= 11 is 0. The van der Waals surface area contributed by atoms with Crippen LogP contribution in [0.4, 0.5) is 0 Å². The number of aromatic nitrogens is 2. The highest BCUT2D eigenvalue weighted by molar-refractivity contribution is 6.14. The molecule has 4 rings (SSSR count). The molecule has 0 aliphatic carbocycles. The van der Waals surface area contributed by atoms with Crippen molar-refractivity contribution in [2.24, 2.45) is 0 Å². The Kier molecular flexibility index (Phi) is 4.13. The summed E-state index contributed by atoms with van der Waals surface area (Å²) in [5.41, 5.74) is 2.06. The molecular formula is C21H20N2O3. The van der Waals surface area contributed by atoms with E-state index in [4.69, 9.17) is 9.47 Å². The summed E-state index contributed by atoms with van der Waals surface area (Å²) in [7, 11) is 0. The topological polar surface area (TPSA) is 67.4 Å². The van der Waals surface area contributed by atoms with E-state index in [1.165, 1.54) is 0 Å². The second-order valence-corrected chi connectivity index (χ2v) is 5.97. The lowest BCUT2D eigenvalue weighted by atomic mass is 9.94. The minimum absolute atomic E-state index is 0.157. The molecule has 0 saturated heterocycles. The molecule has 0 aliphatic rings. The van der Waals surface area contributed by atoms with Crippen molar-refractivity contribution >= 4 is 21.5 Å². The van der Waals surface area contributed by atoms with Crippen LogP contribution in [0.1, 0.15) is 13.8 Å². The maximum Gasteiger partial charge on any atom is 0.196 e. The third kappa shape index (κ3) is 2.62. The fourth-order valence-electron chi connectivity index (χ4n) is 3.35. The number of fused-ring (bicyclic) bond motifs is 2. The summed E-state index contributed by atoms with van der Waals surface area (Å²) in [6, 6.07) is 9.90. The molecule has 132 valence electrons. The third-order valence-corrected chi connectivity index (χ3v) is 4.42. The Balaban J connectivity index is 2.11. The second kappa shape index (κ2) is 6.59. The predicted octanol–water partition coefficient (Wildman–Crippen LogP) is 4.89. The van der Waals surface area contributed by atoms with Gasteiger partial charge in [-0.2, -0.15) is 0 Å². The first-order valence-corrected chi connectivity index (χ1v) is 8.69. The van der Waals surface area contributed by atoms with Gasteiger partial charge in [0.2, 0.25) is 0 Å². The highest BCUT2D eigenvalue weighted by Gasteiger charge is 2.16. The molecule has 0 atom stereocenters.